The van der Waals surface area contributed by atoms with Gasteiger partial charge in [-0.05, 0) is 6.42 Å². The maximum absolute atomic E-state index is 12.0. The quantitative estimate of drug-likeness (QED) is 0.728. The van der Waals surface area contributed by atoms with Gasteiger partial charge in [0.15, 0.2) is 0 Å². The summed E-state index contributed by atoms with van der Waals surface area (Å²) in [6.07, 6.45) is 3.51. The van der Waals surface area contributed by atoms with Crippen molar-refractivity contribution in [2.24, 2.45) is 0 Å². The van der Waals surface area contributed by atoms with E-state index in [2.05, 4.69) is 9.97 Å². The predicted molar refractivity (Wildman–Crippen MR) is 59.7 cm³/mol. The Morgan fingerprint density at radius 2 is 2.31 bits per heavy atom. The fourth-order valence-corrected chi connectivity index (χ4v) is 1.38. The maximum Gasteiger partial charge on any atom is 0.259 e. The Bertz CT molecular complexity index is 350. The molecule has 0 atom stereocenters. The zero-order chi connectivity index (χ0) is 12.0. The molecule has 0 fully saturated rings. The lowest BCUT2D eigenvalue weighted by Gasteiger charge is -2.21. The SMILES string of the molecule is CCCN(CCO)C(=O)c1cncnc1N. The van der Waals surface area contributed by atoms with E-state index < -0.39 is 0 Å². The first-order valence-corrected chi connectivity index (χ1v) is 5.16. The molecule has 1 heterocycles. The second kappa shape index (κ2) is 6.02. The van der Waals surface area contributed by atoms with E-state index in [1.165, 1.54) is 17.4 Å². The Labute approximate surface area is 94.1 Å². The number of aromatic nitrogens is 2. The summed E-state index contributed by atoms with van der Waals surface area (Å²) in [5.74, 6) is -0.0759. The number of nitrogens with zero attached hydrogens (tertiary/aromatic N) is 3. The van der Waals surface area contributed by atoms with Crippen molar-refractivity contribution in [2.75, 3.05) is 25.4 Å². The lowest BCUT2D eigenvalue weighted by molar-refractivity contribution is 0.0722. The minimum absolute atomic E-state index is 0.0701. The Morgan fingerprint density at radius 3 is 2.88 bits per heavy atom. The van der Waals surface area contributed by atoms with Crippen molar-refractivity contribution in [3.8, 4) is 0 Å². The minimum Gasteiger partial charge on any atom is -0.395 e. The smallest absolute Gasteiger partial charge is 0.259 e. The first kappa shape index (κ1) is 12.4. The van der Waals surface area contributed by atoms with E-state index >= 15 is 0 Å². The minimum atomic E-state index is -0.242. The average Bonchev–Trinajstić information content (AvgIpc) is 2.28. The van der Waals surface area contributed by atoms with Crippen LogP contribution in [0.25, 0.3) is 0 Å². The molecule has 0 spiro atoms. The van der Waals surface area contributed by atoms with Crippen LogP contribution in [0.4, 0.5) is 5.82 Å². The third kappa shape index (κ3) is 2.90. The molecule has 0 radical (unpaired) electrons. The molecule has 1 aromatic rings. The van der Waals surface area contributed by atoms with Gasteiger partial charge in [0.05, 0.1) is 12.2 Å². The Kier molecular flexibility index (Phi) is 4.65. The topological polar surface area (TPSA) is 92.3 Å². The lowest BCUT2D eigenvalue weighted by Crippen LogP contribution is -2.34. The van der Waals surface area contributed by atoms with Crippen molar-refractivity contribution in [3.63, 3.8) is 0 Å². The molecular weight excluding hydrogens is 208 g/mol. The summed E-state index contributed by atoms with van der Waals surface area (Å²) in [5.41, 5.74) is 5.87. The number of rotatable bonds is 5. The fourth-order valence-electron chi connectivity index (χ4n) is 1.38. The number of carbonyl (C=O) groups excluding carboxylic acids is 1. The second-order valence-electron chi connectivity index (χ2n) is 3.34. The summed E-state index contributed by atoms with van der Waals surface area (Å²) >= 11 is 0. The third-order valence-corrected chi connectivity index (χ3v) is 2.12. The number of carbonyl (C=O) groups is 1. The van der Waals surface area contributed by atoms with E-state index in [0.29, 0.717) is 13.1 Å². The summed E-state index contributed by atoms with van der Waals surface area (Å²) in [5, 5.41) is 8.87. The van der Waals surface area contributed by atoms with Crippen molar-refractivity contribution >= 4 is 11.7 Å². The third-order valence-electron chi connectivity index (χ3n) is 2.12. The summed E-state index contributed by atoms with van der Waals surface area (Å²) in [6, 6.07) is 0. The van der Waals surface area contributed by atoms with Gasteiger partial charge in [0.25, 0.3) is 5.91 Å². The van der Waals surface area contributed by atoms with Crippen LogP contribution in [0.5, 0.6) is 0 Å². The van der Waals surface area contributed by atoms with Crippen LogP contribution in [0.3, 0.4) is 0 Å². The first-order chi connectivity index (χ1) is 7.70. The van der Waals surface area contributed by atoms with Crippen LogP contribution in [-0.4, -0.2) is 45.6 Å². The van der Waals surface area contributed by atoms with Crippen LogP contribution in [-0.2, 0) is 0 Å². The van der Waals surface area contributed by atoms with Gasteiger partial charge in [-0.15, -0.1) is 0 Å². The molecule has 1 rings (SSSR count). The van der Waals surface area contributed by atoms with Crippen molar-refractivity contribution in [1.82, 2.24) is 14.9 Å². The summed E-state index contributed by atoms with van der Waals surface area (Å²) in [6.45, 7) is 2.76. The highest BCUT2D eigenvalue weighted by molar-refractivity contribution is 5.97. The summed E-state index contributed by atoms with van der Waals surface area (Å²) in [4.78, 5) is 21.1. The highest BCUT2D eigenvalue weighted by Gasteiger charge is 2.17. The molecule has 6 nitrogen and oxygen atoms in total. The van der Waals surface area contributed by atoms with Crippen molar-refractivity contribution in [3.05, 3.63) is 18.1 Å². The lowest BCUT2D eigenvalue weighted by atomic mass is 10.2. The highest BCUT2D eigenvalue weighted by Crippen LogP contribution is 2.09. The summed E-state index contributed by atoms with van der Waals surface area (Å²) in [7, 11) is 0. The normalized spacial score (nSPS) is 10.1. The van der Waals surface area contributed by atoms with Gasteiger partial charge >= 0.3 is 0 Å². The number of hydrogen-bond acceptors (Lipinski definition) is 5. The average molecular weight is 224 g/mol. The number of anilines is 1. The van der Waals surface area contributed by atoms with Crippen molar-refractivity contribution in [2.45, 2.75) is 13.3 Å². The zero-order valence-electron chi connectivity index (χ0n) is 9.26. The van der Waals surface area contributed by atoms with Crippen LogP contribution in [0.2, 0.25) is 0 Å². The van der Waals surface area contributed by atoms with Crippen LogP contribution >= 0.6 is 0 Å². The van der Waals surface area contributed by atoms with Gasteiger partial charge in [0.2, 0.25) is 0 Å². The van der Waals surface area contributed by atoms with Gasteiger partial charge in [-0.1, -0.05) is 6.92 Å². The molecule has 0 saturated carbocycles. The molecule has 0 aliphatic heterocycles. The number of aliphatic hydroxyl groups is 1. The Morgan fingerprint density at radius 1 is 1.56 bits per heavy atom. The maximum atomic E-state index is 12.0. The molecule has 3 N–H and O–H groups in total. The highest BCUT2D eigenvalue weighted by atomic mass is 16.3. The van der Waals surface area contributed by atoms with Gasteiger partial charge in [0.1, 0.15) is 12.1 Å². The number of nitrogen functional groups attached to an aromatic ring is 1. The Balaban J connectivity index is 2.85. The van der Waals surface area contributed by atoms with Gasteiger partial charge in [-0.25, -0.2) is 9.97 Å². The van der Waals surface area contributed by atoms with Crippen molar-refractivity contribution < 1.29 is 9.90 Å². The molecule has 0 aromatic carbocycles. The molecule has 88 valence electrons. The fraction of sp³-hybridized carbons (Fsp3) is 0.500. The molecule has 0 saturated heterocycles. The molecule has 16 heavy (non-hydrogen) atoms. The molecule has 0 bridgehead atoms. The van der Waals surface area contributed by atoms with Crippen LogP contribution < -0.4 is 5.73 Å². The van der Waals surface area contributed by atoms with E-state index in [9.17, 15) is 4.79 Å². The molecule has 6 heteroatoms. The number of aliphatic hydroxyl groups excluding tert-OH is 1. The zero-order valence-corrected chi connectivity index (χ0v) is 9.26. The van der Waals surface area contributed by atoms with E-state index in [4.69, 9.17) is 10.8 Å². The van der Waals surface area contributed by atoms with E-state index in [1.54, 1.807) is 0 Å². The predicted octanol–water partition coefficient (Wildman–Crippen LogP) is -0.0967. The summed E-state index contributed by atoms with van der Waals surface area (Å²) < 4.78 is 0. The van der Waals surface area contributed by atoms with Gasteiger partial charge in [0, 0.05) is 19.3 Å². The molecule has 0 unspecified atom stereocenters. The van der Waals surface area contributed by atoms with Gasteiger partial charge in [-0.3, -0.25) is 4.79 Å². The molecule has 0 aliphatic rings. The number of amides is 1. The van der Waals surface area contributed by atoms with Crippen molar-refractivity contribution in [1.29, 1.82) is 0 Å². The van der Waals surface area contributed by atoms with Crippen LogP contribution in [0.15, 0.2) is 12.5 Å². The molecule has 0 aliphatic carbocycles. The van der Waals surface area contributed by atoms with Gasteiger partial charge in [-0.2, -0.15) is 0 Å². The van der Waals surface area contributed by atoms with E-state index in [1.807, 2.05) is 6.92 Å². The largest absolute Gasteiger partial charge is 0.395 e. The Hall–Kier alpha value is -1.69. The van der Waals surface area contributed by atoms with E-state index in [0.717, 1.165) is 6.42 Å². The monoisotopic (exact) mass is 224 g/mol. The molecule has 1 aromatic heterocycles. The van der Waals surface area contributed by atoms with Crippen LogP contribution in [0, 0.1) is 0 Å². The van der Waals surface area contributed by atoms with E-state index in [-0.39, 0.29) is 23.9 Å². The standard InChI is InChI=1S/C10H16N4O2/c1-2-3-14(4-5-15)10(16)8-6-12-7-13-9(8)11/h6-7,15H,2-5H2,1H3,(H2,11,12,13). The molecule has 1 amide bonds. The number of hydrogen-bond donors (Lipinski definition) is 2. The molecular formula is C10H16N4O2. The number of nitrogens with two attached hydrogens (primary N) is 1. The van der Waals surface area contributed by atoms with Gasteiger partial charge < -0.3 is 15.7 Å². The van der Waals surface area contributed by atoms with Crippen LogP contribution in [0.1, 0.15) is 23.7 Å². The second-order valence-corrected chi connectivity index (χ2v) is 3.34. The first-order valence-electron chi connectivity index (χ1n) is 5.16.